The summed E-state index contributed by atoms with van der Waals surface area (Å²) in [6.07, 6.45) is 0.333. The smallest absolute Gasteiger partial charge is 0.259 e. The Balaban J connectivity index is 1.37. The number of hydrogen-bond acceptors (Lipinski definition) is 8. The average Bonchev–Trinajstić information content (AvgIpc) is 3.60. The number of aliphatic hydroxyl groups is 1. The molecule has 1 unspecified atom stereocenters. The number of aliphatic hydroxyl groups excluding tert-OH is 1. The predicted octanol–water partition coefficient (Wildman–Crippen LogP) is 2.70. The Labute approximate surface area is 204 Å². The Hall–Kier alpha value is -3.86. The minimum atomic E-state index is -0.890. The molecule has 3 heterocycles. The molecule has 0 saturated carbocycles. The summed E-state index contributed by atoms with van der Waals surface area (Å²) >= 11 is 1.22. The molecule has 1 atom stereocenters. The Morgan fingerprint density at radius 1 is 1.14 bits per heavy atom. The molecule has 0 saturated heterocycles. The second kappa shape index (κ2) is 8.42. The minimum Gasteiger partial charge on any atom is -0.497 e. The number of thiophene rings is 1. The van der Waals surface area contributed by atoms with Gasteiger partial charge in [-0.05, 0) is 48.2 Å². The number of primary amides is 1. The van der Waals surface area contributed by atoms with Crippen LogP contribution in [0.3, 0.4) is 0 Å². The molecule has 178 valence electrons. The minimum absolute atomic E-state index is 0.168. The highest BCUT2D eigenvalue weighted by atomic mass is 32.1. The summed E-state index contributed by atoms with van der Waals surface area (Å²) in [5.74, 6) is 2.03. The Morgan fingerprint density at radius 3 is 2.69 bits per heavy atom. The van der Waals surface area contributed by atoms with Gasteiger partial charge in [0.1, 0.15) is 23.3 Å². The maximum Gasteiger partial charge on any atom is 0.259 e. The van der Waals surface area contributed by atoms with Gasteiger partial charge in [-0.1, -0.05) is 28.6 Å². The quantitative estimate of drug-likeness (QED) is 0.454. The van der Waals surface area contributed by atoms with Crippen LogP contribution >= 0.6 is 11.3 Å². The van der Waals surface area contributed by atoms with Crippen LogP contribution in [-0.2, 0) is 6.42 Å². The van der Waals surface area contributed by atoms with E-state index in [0.29, 0.717) is 51.5 Å². The zero-order valence-electron chi connectivity index (χ0n) is 18.7. The molecule has 5 N–H and O–H groups in total. The number of carbonyl (C=O) groups excluding carboxylic acids is 1. The summed E-state index contributed by atoms with van der Waals surface area (Å²) < 4.78 is 22.3. The van der Waals surface area contributed by atoms with E-state index in [1.165, 1.54) is 11.3 Å². The normalized spacial score (nSPS) is 16.5. The highest BCUT2D eigenvalue weighted by molar-refractivity contribution is 7.16. The van der Waals surface area contributed by atoms with E-state index in [4.69, 9.17) is 24.7 Å². The maximum absolute atomic E-state index is 12.2. The summed E-state index contributed by atoms with van der Waals surface area (Å²) in [6.45, 7) is 0.168. The number of ether oxygens (including phenoxy) is 4. The van der Waals surface area contributed by atoms with E-state index in [1.807, 2.05) is 12.1 Å². The van der Waals surface area contributed by atoms with E-state index in [2.05, 4.69) is 5.10 Å². The number of nitrogens with two attached hydrogens (primary N) is 2. The number of benzene rings is 2. The topological polar surface area (TPSA) is 129 Å². The zero-order chi connectivity index (χ0) is 24.1. The molecule has 10 heteroatoms. The fourth-order valence-corrected chi connectivity index (χ4v) is 5.69. The Bertz CT molecular complexity index is 1410. The van der Waals surface area contributed by atoms with Gasteiger partial charge in [0.15, 0.2) is 22.3 Å². The monoisotopic (exact) mass is 492 g/mol. The number of methoxy groups -OCH3 is 1. The molecule has 0 spiro atoms. The molecular formula is C25H22N3O6S+. The Kier molecular flexibility index (Phi) is 5.21. The van der Waals surface area contributed by atoms with Gasteiger partial charge >= 0.3 is 0 Å². The van der Waals surface area contributed by atoms with Crippen molar-refractivity contribution in [1.82, 2.24) is 0 Å². The van der Waals surface area contributed by atoms with Gasteiger partial charge in [0.2, 0.25) is 6.79 Å². The third kappa shape index (κ3) is 3.63. The molecule has 9 nitrogen and oxygen atoms in total. The number of quaternary nitrogens is 1. The van der Waals surface area contributed by atoms with Gasteiger partial charge in [-0.25, -0.2) is 0 Å². The van der Waals surface area contributed by atoms with Gasteiger partial charge in [-0.2, -0.15) is 5.43 Å². The summed E-state index contributed by atoms with van der Waals surface area (Å²) in [5.41, 5.74) is 12.2. The lowest BCUT2D eigenvalue weighted by molar-refractivity contribution is -0.566. The van der Waals surface area contributed by atoms with Crippen LogP contribution in [0.15, 0.2) is 53.1 Å². The highest BCUT2D eigenvalue weighted by Crippen LogP contribution is 2.47. The summed E-state index contributed by atoms with van der Waals surface area (Å²) in [7, 11) is 1.60. The van der Waals surface area contributed by atoms with Gasteiger partial charge in [0.25, 0.3) is 5.91 Å². The van der Waals surface area contributed by atoms with Crippen molar-refractivity contribution in [3.05, 3.63) is 69.6 Å². The number of fused-ring (bicyclic) bond motifs is 3. The van der Waals surface area contributed by atoms with E-state index in [-0.39, 0.29) is 6.79 Å². The lowest BCUT2D eigenvalue weighted by Gasteiger charge is -2.17. The number of rotatable bonds is 6. The standard InChI is InChI=1S/C25H21N3O6S/c1-31-13-4-2-12(3-5-13)22(29)21-16-8-7-15-19(20(16)27-28-21)25(35-23(15)24(26)30)34-14-6-9-17-18(10-14)33-11-32-17/h2-6,9-10,22,29H,7-8,11H2,1H3,(H2,26,30)(H,27,28)/p+1. The zero-order valence-corrected chi connectivity index (χ0v) is 19.6. The number of nitrogens with zero attached hydrogens (tertiary/aromatic N) is 1. The summed E-state index contributed by atoms with van der Waals surface area (Å²) in [6, 6.07) is 12.6. The van der Waals surface area contributed by atoms with Crippen molar-refractivity contribution in [1.29, 1.82) is 0 Å². The van der Waals surface area contributed by atoms with Crippen LogP contribution in [0.2, 0.25) is 0 Å². The van der Waals surface area contributed by atoms with E-state index in [0.717, 1.165) is 28.0 Å². The lowest BCUT2D eigenvalue weighted by atomic mass is 9.86. The van der Waals surface area contributed by atoms with Crippen molar-refractivity contribution in [2.45, 2.75) is 18.9 Å². The lowest BCUT2D eigenvalue weighted by Crippen LogP contribution is -2.73. The van der Waals surface area contributed by atoms with E-state index in [9.17, 15) is 9.90 Å². The van der Waals surface area contributed by atoms with E-state index in [1.54, 1.807) is 42.9 Å². The van der Waals surface area contributed by atoms with E-state index >= 15 is 0 Å². The number of amides is 1. The molecule has 6 rings (SSSR count). The van der Waals surface area contributed by atoms with Crippen LogP contribution in [0, 0.1) is 0 Å². The first-order chi connectivity index (χ1) is 17.0. The molecule has 2 aromatic carbocycles. The fourth-order valence-electron chi connectivity index (χ4n) is 4.61. The van der Waals surface area contributed by atoms with Gasteiger partial charge in [-0.3, -0.25) is 4.79 Å². The number of carbonyl (C=O) groups is 1. The highest BCUT2D eigenvalue weighted by Gasteiger charge is 2.39. The predicted molar refractivity (Wildman–Crippen MR) is 128 cm³/mol. The molecule has 0 bridgehead atoms. The molecule has 1 aliphatic carbocycles. The molecule has 1 aromatic heterocycles. The SMILES string of the molecule is COc1ccc(C(O)C2=N[NH2+]C3=C2CCc2c(C(N)=O)sc(Oc4ccc5c(c4)OCO5)c23)cc1. The molecule has 1 amide bonds. The van der Waals surface area contributed by atoms with Gasteiger partial charge < -0.3 is 29.8 Å². The maximum atomic E-state index is 12.2. The largest absolute Gasteiger partial charge is 0.497 e. The summed E-state index contributed by atoms with van der Waals surface area (Å²) in [4.78, 5) is 12.7. The van der Waals surface area contributed by atoms with Crippen molar-refractivity contribution in [3.63, 3.8) is 0 Å². The van der Waals surface area contributed by atoms with Crippen LogP contribution < -0.4 is 30.1 Å². The van der Waals surface area contributed by atoms with Gasteiger partial charge in [0, 0.05) is 11.6 Å². The fraction of sp³-hybridized carbons (Fsp3) is 0.200. The van der Waals surface area contributed by atoms with Crippen molar-refractivity contribution in [2.24, 2.45) is 10.8 Å². The third-order valence-corrected chi connectivity index (χ3v) is 7.43. The first-order valence-corrected chi connectivity index (χ1v) is 11.8. The number of hydrogen-bond donors (Lipinski definition) is 3. The average molecular weight is 493 g/mol. The summed E-state index contributed by atoms with van der Waals surface area (Å²) in [5, 5.41) is 16.2. The van der Waals surface area contributed by atoms with Crippen molar-refractivity contribution < 1.29 is 34.3 Å². The van der Waals surface area contributed by atoms with Crippen LogP contribution in [0.5, 0.6) is 28.1 Å². The Morgan fingerprint density at radius 2 is 1.91 bits per heavy atom. The second-order valence-electron chi connectivity index (χ2n) is 8.26. The molecule has 35 heavy (non-hydrogen) atoms. The molecule has 3 aliphatic rings. The van der Waals surface area contributed by atoms with Crippen LogP contribution in [-0.4, -0.2) is 30.6 Å². The first kappa shape index (κ1) is 21.7. The van der Waals surface area contributed by atoms with Crippen LogP contribution in [0.1, 0.15) is 38.9 Å². The molecular weight excluding hydrogens is 470 g/mol. The second-order valence-corrected chi connectivity index (χ2v) is 9.25. The van der Waals surface area contributed by atoms with Gasteiger partial charge in [0.05, 0.1) is 17.6 Å². The van der Waals surface area contributed by atoms with E-state index < -0.39 is 12.0 Å². The molecule has 0 fully saturated rings. The third-order valence-electron chi connectivity index (χ3n) is 6.31. The molecule has 2 aliphatic heterocycles. The van der Waals surface area contributed by atoms with Crippen molar-refractivity contribution >= 4 is 28.7 Å². The van der Waals surface area contributed by atoms with Gasteiger partial charge in [-0.15, -0.1) is 0 Å². The van der Waals surface area contributed by atoms with Crippen LogP contribution in [0.25, 0.3) is 5.70 Å². The van der Waals surface area contributed by atoms with Crippen molar-refractivity contribution in [3.8, 4) is 28.1 Å². The first-order valence-electron chi connectivity index (χ1n) is 11.0. The van der Waals surface area contributed by atoms with Crippen LogP contribution in [0.4, 0.5) is 0 Å². The molecule has 3 aromatic rings. The molecule has 0 radical (unpaired) electrons. The van der Waals surface area contributed by atoms with Crippen molar-refractivity contribution in [2.75, 3.05) is 13.9 Å².